The monoisotopic (exact) mass is 555 g/mol. The maximum Gasteiger partial charge on any atom is 0.295 e. The lowest BCUT2D eigenvalue weighted by Crippen LogP contribution is -2.29. The van der Waals surface area contributed by atoms with Gasteiger partial charge in [0, 0.05) is 18.5 Å². The predicted octanol–water partition coefficient (Wildman–Crippen LogP) is 6.60. The Bertz CT molecular complexity index is 1450. The molecule has 0 radical (unpaired) electrons. The Balaban J connectivity index is 1.59. The van der Waals surface area contributed by atoms with E-state index in [0.29, 0.717) is 42.3 Å². The van der Waals surface area contributed by atoms with Crippen LogP contribution in [0.2, 0.25) is 0 Å². The van der Waals surface area contributed by atoms with Gasteiger partial charge in [0.2, 0.25) is 0 Å². The Labute approximate surface area is 241 Å². The van der Waals surface area contributed by atoms with E-state index in [0.717, 1.165) is 36.1 Å². The smallest absolute Gasteiger partial charge is 0.295 e. The fraction of sp³-hybridized carbons (Fsp3) is 0.353. The molecule has 7 nitrogen and oxygen atoms in total. The highest BCUT2D eigenvalue weighted by Gasteiger charge is 2.46. The van der Waals surface area contributed by atoms with Gasteiger partial charge in [0.1, 0.15) is 17.6 Å². The lowest BCUT2D eigenvalue weighted by Gasteiger charge is -2.26. The summed E-state index contributed by atoms with van der Waals surface area (Å²) >= 11 is 0. The third-order valence-corrected chi connectivity index (χ3v) is 7.49. The molecule has 0 aromatic heterocycles. The lowest BCUT2D eigenvalue weighted by atomic mass is 9.94. The predicted molar refractivity (Wildman–Crippen MR) is 157 cm³/mol. The van der Waals surface area contributed by atoms with Crippen LogP contribution in [0.25, 0.3) is 5.76 Å². The number of nitrogens with zero attached hydrogens (tertiary/aromatic N) is 1. The first-order chi connectivity index (χ1) is 19.9. The van der Waals surface area contributed by atoms with Crippen molar-refractivity contribution >= 4 is 17.4 Å². The number of aliphatic hydroxyl groups is 1. The molecule has 2 aliphatic heterocycles. The minimum Gasteiger partial charge on any atom is -0.507 e. The van der Waals surface area contributed by atoms with Crippen LogP contribution in [0.1, 0.15) is 68.3 Å². The Morgan fingerprint density at radius 3 is 2.54 bits per heavy atom. The number of carbonyl (C=O) groups is 2. The van der Waals surface area contributed by atoms with Crippen molar-refractivity contribution in [3.05, 3.63) is 94.6 Å². The van der Waals surface area contributed by atoms with Crippen molar-refractivity contribution in [1.29, 1.82) is 0 Å². The first-order valence-corrected chi connectivity index (χ1v) is 14.4. The number of fused-ring (bicyclic) bond motifs is 1. The average Bonchev–Trinajstić information content (AvgIpc) is 3.47. The van der Waals surface area contributed by atoms with E-state index in [9.17, 15) is 14.7 Å². The Morgan fingerprint density at radius 1 is 0.976 bits per heavy atom. The number of carbonyl (C=O) groups excluding carboxylic acids is 2. The molecule has 7 heteroatoms. The van der Waals surface area contributed by atoms with Gasteiger partial charge in [0.25, 0.3) is 11.7 Å². The molecule has 5 rings (SSSR count). The molecular formula is C34H37NO6. The summed E-state index contributed by atoms with van der Waals surface area (Å²) in [5.74, 6) is 0.341. The Morgan fingerprint density at radius 2 is 1.78 bits per heavy atom. The SMILES string of the molecule is CCCCCOc1ccc([C@H]2/C(=C(\O)c3ccc4c(c3)C[C@H](C)O4)C(=O)C(=O)N2Cc2ccccc2)cc1OCC. The quantitative estimate of drug-likeness (QED) is 0.124. The number of benzene rings is 3. The molecule has 2 atom stereocenters. The van der Waals surface area contributed by atoms with Gasteiger partial charge in [0.15, 0.2) is 11.5 Å². The van der Waals surface area contributed by atoms with Crippen LogP contribution in [-0.2, 0) is 22.6 Å². The van der Waals surface area contributed by atoms with Gasteiger partial charge in [-0.25, -0.2) is 0 Å². The van der Waals surface area contributed by atoms with Crippen LogP contribution in [0.15, 0.2) is 72.3 Å². The van der Waals surface area contributed by atoms with Gasteiger partial charge < -0.3 is 24.2 Å². The summed E-state index contributed by atoms with van der Waals surface area (Å²) < 4.78 is 17.8. The first kappa shape index (κ1) is 28.3. The minimum atomic E-state index is -0.813. The van der Waals surface area contributed by atoms with E-state index >= 15 is 0 Å². The van der Waals surface area contributed by atoms with Gasteiger partial charge in [-0.2, -0.15) is 0 Å². The van der Waals surface area contributed by atoms with Crippen LogP contribution >= 0.6 is 0 Å². The fourth-order valence-electron chi connectivity index (χ4n) is 5.51. The van der Waals surface area contributed by atoms with Gasteiger partial charge in [-0.05, 0) is 67.3 Å². The van der Waals surface area contributed by atoms with Gasteiger partial charge in [-0.1, -0.05) is 56.2 Å². The van der Waals surface area contributed by atoms with Crippen molar-refractivity contribution in [2.45, 2.75) is 65.1 Å². The first-order valence-electron chi connectivity index (χ1n) is 14.4. The highest BCUT2D eigenvalue weighted by Crippen LogP contribution is 2.43. The molecule has 1 amide bonds. The molecule has 3 aromatic carbocycles. The number of amides is 1. The largest absolute Gasteiger partial charge is 0.507 e. The second-order valence-corrected chi connectivity index (χ2v) is 10.6. The molecule has 1 N–H and O–H groups in total. The molecule has 0 unspecified atom stereocenters. The molecule has 214 valence electrons. The summed E-state index contributed by atoms with van der Waals surface area (Å²) in [4.78, 5) is 28.6. The zero-order valence-corrected chi connectivity index (χ0v) is 23.9. The molecule has 0 saturated carbocycles. The summed E-state index contributed by atoms with van der Waals surface area (Å²) in [7, 11) is 0. The van der Waals surface area contributed by atoms with Crippen LogP contribution in [0.4, 0.5) is 0 Å². The minimum absolute atomic E-state index is 0.0403. The van der Waals surface area contributed by atoms with Crippen LogP contribution in [0, 0.1) is 0 Å². The molecule has 1 fully saturated rings. The second kappa shape index (κ2) is 12.5. The summed E-state index contributed by atoms with van der Waals surface area (Å²) in [6.07, 6.45) is 3.85. The van der Waals surface area contributed by atoms with Gasteiger partial charge in [-0.15, -0.1) is 0 Å². The number of likely N-dealkylation sites (tertiary alicyclic amines) is 1. The van der Waals surface area contributed by atoms with Crippen LogP contribution in [0.3, 0.4) is 0 Å². The second-order valence-electron chi connectivity index (χ2n) is 10.6. The van der Waals surface area contributed by atoms with E-state index < -0.39 is 17.7 Å². The number of Topliss-reactive ketones (excluding diaryl/α,β-unsaturated/α-hetero) is 1. The Hall–Kier alpha value is -4.26. The zero-order valence-electron chi connectivity index (χ0n) is 23.9. The number of ether oxygens (including phenoxy) is 3. The van der Waals surface area contributed by atoms with Crippen LogP contribution in [0.5, 0.6) is 17.2 Å². The maximum absolute atomic E-state index is 13.6. The number of rotatable bonds is 11. The number of ketones is 1. The van der Waals surface area contributed by atoms with Crippen LogP contribution < -0.4 is 14.2 Å². The molecule has 2 aliphatic rings. The molecular weight excluding hydrogens is 518 g/mol. The number of unbranched alkanes of at least 4 members (excludes halogenated alkanes) is 2. The zero-order chi connectivity index (χ0) is 28.9. The van der Waals surface area contributed by atoms with E-state index in [-0.39, 0.29) is 24.0 Å². The molecule has 0 bridgehead atoms. The lowest BCUT2D eigenvalue weighted by molar-refractivity contribution is -0.140. The number of hydrogen-bond acceptors (Lipinski definition) is 6. The van der Waals surface area contributed by atoms with Gasteiger partial charge in [0.05, 0.1) is 24.8 Å². The van der Waals surface area contributed by atoms with Gasteiger partial charge >= 0.3 is 0 Å². The van der Waals surface area contributed by atoms with Crippen LogP contribution in [-0.4, -0.2) is 41.0 Å². The fourth-order valence-corrected chi connectivity index (χ4v) is 5.51. The van der Waals surface area contributed by atoms with Crippen molar-refractivity contribution in [2.24, 2.45) is 0 Å². The Kier molecular flexibility index (Phi) is 8.62. The summed E-state index contributed by atoms with van der Waals surface area (Å²) in [5.41, 5.74) is 3.02. The van der Waals surface area contributed by atoms with Crippen molar-refractivity contribution < 1.29 is 28.9 Å². The molecule has 0 spiro atoms. The third kappa shape index (κ3) is 5.94. The number of hydrogen-bond donors (Lipinski definition) is 1. The molecule has 0 aliphatic carbocycles. The molecule has 3 aromatic rings. The van der Waals surface area contributed by atoms with Crippen molar-refractivity contribution in [1.82, 2.24) is 4.90 Å². The van der Waals surface area contributed by atoms with E-state index in [1.807, 2.05) is 68.4 Å². The van der Waals surface area contributed by atoms with Crippen molar-refractivity contribution in [2.75, 3.05) is 13.2 Å². The van der Waals surface area contributed by atoms with Gasteiger partial charge in [-0.3, -0.25) is 9.59 Å². The molecule has 2 heterocycles. The summed E-state index contributed by atoms with van der Waals surface area (Å²) in [6, 6.07) is 19.6. The highest BCUT2D eigenvalue weighted by atomic mass is 16.5. The number of aliphatic hydroxyl groups excluding tert-OH is 1. The van der Waals surface area contributed by atoms with Crippen molar-refractivity contribution in [3.8, 4) is 17.2 Å². The topological polar surface area (TPSA) is 85.3 Å². The average molecular weight is 556 g/mol. The maximum atomic E-state index is 13.6. The third-order valence-electron chi connectivity index (χ3n) is 7.49. The van der Waals surface area contributed by atoms with E-state index in [1.165, 1.54) is 4.90 Å². The molecule has 1 saturated heterocycles. The van der Waals surface area contributed by atoms with Crippen molar-refractivity contribution in [3.63, 3.8) is 0 Å². The van der Waals surface area contributed by atoms with E-state index in [1.54, 1.807) is 12.1 Å². The standard InChI is InChI=1S/C34H37NO6/c1-4-6-10-17-40-28-16-13-24(20-29(28)39-5-2)31-30(32(36)25-14-15-27-26(19-25)18-22(3)41-27)33(37)34(38)35(31)21-23-11-8-7-9-12-23/h7-9,11-16,19-20,22,31,36H,4-6,10,17-18,21H2,1-3H3/b32-30+/t22-,31-/m0/s1. The highest BCUT2D eigenvalue weighted by molar-refractivity contribution is 6.46. The van der Waals surface area contributed by atoms with E-state index in [2.05, 4.69) is 6.92 Å². The van der Waals surface area contributed by atoms with E-state index in [4.69, 9.17) is 14.2 Å². The summed E-state index contributed by atoms with van der Waals surface area (Å²) in [5, 5.41) is 11.6. The summed E-state index contributed by atoms with van der Waals surface area (Å²) in [6.45, 7) is 7.23. The molecule has 41 heavy (non-hydrogen) atoms. The normalized spacial score (nSPS) is 19.2.